The van der Waals surface area contributed by atoms with Crippen molar-refractivity contribution in [2.24, 2.45) is 0 Å². The maximum absolute atomic E-state index is 11.6. The zero-order valence-corrected chi connectivity index (χ0v) is 10.7. The van der Waals surface area contributed by atoms with Crippen molar-refractivity contribution in [2.45, 2.75) is 19.8 Å². The summed E-state index contributed by atoms with van der Waals surface area (Å²) in [5.74, 6) is -0.230. The van der Waals surface area contributed by atoms with Crippen LogP contribution in [-0.2, 0) is 4.74 Å². The molecule has 0 atom stereocenters. The molecule has 1 heterocycles. The Morgan fingerprint density at radius 1 is 1.47 bits per heavy atom. The van der Waals surface area contributed by atoms with E-state index in [0.717, 1.165) is 19.4 Å². The molecule has 94 valence electrons. The van der Waals surface area contributed by atoms with Crippen LogP contribution in [0.2, 0.25) is 5.15 Å². The van der Waals surface area contributed by atoms with Crippen LogP contribution in [0, 0.1) is 0 Å². The van der Waals surface area contributed by atoms with E-state index < -0.39 is 0 Å². The number of pyridine rings is 1. The molecule has 5 heteroatoms. The molecule has 0 spiro atoms. The van der Waals surface area contributed by atoms with Gasteiger partial charge < -0.3 is 10.1 Å². The molecule has 17 heavy (non-hydrogen) atoms. The van der Waals surface area contributed by atoms with E-state index in [1.165, 1.54) is 0 Å². The van der Waals surface area contributed by atoms with E-state index in [2.05, 4.69) is 17.2 Å². The minimum Gasteiger partial charge on any atom is -0.380 e. The molecule has 0 aliphatic carbocycles. The summed E-state index contributed by atoms with van der Waals surface area (Å²) >= 11 is 5.69. The van der Waals surface area contributed by atoms with Crippen molar-refractivity contribution >= 4 is 17.5 Å². The van der Waals surface area contributed by atoms with Crippen LogP contribution >= 0.6 is 11.6 Å². The predicted octanol–water partition coefficient (Wildman–Crippen LogP) is 2.28. The highest BCUT2D eigenvalue weighted by atomic mass is 35.5. The van der Waals surface area contributed by atoms with Crippen LogP contribution < -0.4 is 5.32 Å². The van der Waals surface area contributed by atoms with Crippen LogP contribution in [0.5, 0.6) is 0 Å². The average Bonchev–Trinajstić information content (AvgIpc) is 2.33. The van der Waals surface area contributed by atoms with Gasteiger partial charge in [0.05, 0.1) is 6.61 Å². The Hall–Kier alpha value is -1.13. The van der Waals surface area contributed by atoms with E-state index in [1.807, 2.05) is 0 Å². The lowest BCUT2D eigenvalue weighted by molar-refractivity contribution is 0.0908. The zero-order chi connectivity index (χ0) is 12.5. The molecule has 1 rings (SSSR count). The number of ether oxygens (including phenoxy) is 1. The van der Waals surface area contributed by atoms with Crippen molar-refractivity contribution in [1.29, 1.82) is 0 Å². The van der Waals surface area contributed by atoms with Gasteiger partial charge >= 0.3 is 0 Å². The van der Waals surface area contributed by atoms with Crippen LogP contribution in [0.1, 0.15) is 30.3 Å². The van der Waals surface area contributed by atoms with Crippen molar-refractivity contribution in [3.63, 3.8) is 0 Å². The molecule has 0 saturated carbocycles. The first-order chi connectivity index (χ1) is 8.24. The number of unbranched alkanes of at least 4 members (excludes halogenated alkanes) is 1. The van der Waals surface area contributed by atoms with Gasteiger partial charge in [-0.3, -0.25) is 4.79 Å². The van der Waals surface area contributed by atoms with Gasteiger partial charge in [0.1, 0.15) is 10.8 Å². The Morgan fingerprint density at radius 2 is 2.29 bits per heavy atom. The van der Waals surface area contributed by atoms with Gasteiger partial charge in [-0.1, -0.05) is 31.0 Å². The summed E-state index contributed by atoms with van der Waals surface area (Å²) in [4.78, 5) is 15.5. The SMILES string of the molecule is CCCCOCCNC(=O)c1cccc(Cl)n1. The molecule has 0 saturated heterocycles. The largest absolute Gasteiger partial charge is 0.380 e. The minimum atomic E-state index is -0.230. The molecule has 0 aromatic carbocycles. The van der Waals surface area contributed by atoms with E-state index in [0.29, 0.717) is 24.0 Å². The Morgan fingerprint density at radius 3 is 3.00 bits per heavy atom. The first kappa shape index (κ1) is 13.9. The van der Waals surface area contributed by atoms with Crippen LogP contribution in [-0.4, -0.2) is 30.6 Å². The fourth-order valence-corrected chi connectivity index (χ4v) is 1.37. The van der Waals surface area contributed by atoms with Gasteiger partial charge in [0.2, 0.25) is 0 Å². The molecule has 0 aliphatic heterocycles. The number of amides is 1. The summed E-state index contributed by atoms with van der Waals surface area (Å²) in [5, 5.41) is 3.03. The third-order valence-corrected chi connectivity index (χ3v) is 2.33. The van der Waals surface area contributed by atoms with Crippen molar-refractivity contribution < 1.29 is 9.53 Å². The molecular formula is C12H17ClN2O2. The Labute approximate surface area is 106 Å². The quantitative estimate of drug-likeness (QED) is 0.602. The molecule has 4 nitrogen and oxygen atoms in total. The molecule has 1 aromatic rings. The molecule has 1 amide bonds. The molecule has 0 bridgehead atoms. The maximum Gasteiger partial charge on any atom is 0.270 e. The topological polar surface area (TPSA) is 51.2 Å². The van der Waals surface area contributed by atoms with Gasteiger partial charge in [-0.05, 0) is 18.6 Å². The summed E-state index contributed by atoms with van der Waals surface area (Å²) in [5.41, 5.74) is 0.325. The van der Waals surface area contributed by atoms with Crippen LogP contribution in [0.4, 0.5) is 0 Å². The van der Waals surface area contributed by atoms with Gasteiger partial charge in [0.15, 0.2) is 0 Å². The van der Waals surface area contributed by atoms with Gasteiger partial charge in [-0.2, -0.15) is 0 Å². The summed E-state index contributed by atoms with van der Waals surface area (Å²) in [6.45, 7) is 3.85. The fraction of sp³-hybridized carbons (Fsp3) is 0.500. The van der Waals surface area contributed by atoms with E-state index in [9.17, 15) is 4.79 Å². The highest BCUT2D eigenvalue weighted by Crippen LogP contribution is 2.04. The lowest BCUT2D eigenvalue weighted by atomic mass is 10.3. The number of nitrogens with zero attached hydrogens (tertiary/aromatic N) is 1. The monoisotopic (exact) mass is 256 g/mol. The fourth-order valence-electron chi connectivity index (χ4n) is 1.21. The van der Waals surface area contributed by atoms with Crippen LogP contribution in [0.15, 0.2) is 18.2 Å². The van der Waals surface area contributed by atoms with Crippen LogP contribution in [0.25, 0.3) is 0 Å². The van der Waals surface area contributed by atoms with E-state index >= 15 is 0 Å². The third-order valence-electron chi connectivity index (χ3n) is 2.12. The Kier molecular flexibility index (Phi) is 6.58. The van der Waals surface area contributed by atoms with E-state index in [4.69, 9.17) is 16.3 Å². The Bertz CT molecular complexity index is 358. The molecular weight excluding hydrogens is 240 g/mol. The normalized spacial score (nSPS) is 10.2. The first-order valence-electron chi connectivity index (χ1n) is 5.72. The summed E-state index contributed by atoms with van der Waals surface area (Å²) in [7, 11) is 0. The van der Waals surface area contributed by atoms with Gasteiger partial charge in [0.25, 0.3) is 5.91 Å². The lowest BCUT2D eigenvalue weighted by Gasteiger charge is -2.05. The first-order valence-corrected chi connectivity index (χ1v) is 6.10. The molecule has 0 aliphatic rings. The lowest BCUT2D eigenvalue weighted by Crippen LogP contribution is -2.28. The summed E-state index contributed by atoms with van der Waals surface area (Å²) < 4.78 is 5.32. The number of aromatic nitrogens is 1. The summed E-state index contributed by atoms with van der Waals surface area (Å²) in [6, 6.07) is 4.95. The number of carbonyl (C=O) groups is 1. The second-order valence-electron chi connectivity index (χ2n) is 3.57. The van der Waals surface area contributed by atoms with Crippen molar-refractivity contribution in [1.82, 2.24) is 10.3 Å². The number of nitrogens with one attached hydrogen (secondary N) is 1. The van der Waals surface area contributed by atoms with Crippen molar-refractivity contribution in [3.8, 4) is 0 Å². The highest BCUT2D eigenvalue weighted by molar-refractivity contribution is 6.29. The van der Waals surface area contributed by atoms with Crippen molar-refractivity contribution in [3.05, 3.63) is 29.0 Å². The molecule has 0 fully saturated rings. The number of hydrogen-bond donors (Lipinski definition) is 1. The highest BCUT2D eigenvalue weighted by Gasteiger charge is 2.06. The zero-order valence-electron chi connectivity index (χ0n) is 9.91. The molecule has 0 radical (unpaired) electrons. The van der Waals surface area contributed by atoms with Gasteiger partial charge in [-0.25, -0.2) is 4.98 Å². The van der Waals surface area contributed by atoms with Crippen molar-refractivity contribution in [2.75, 3.05) is 19.8 Å². The molecule has 1 aromatic heterocycles. The number of rotatable bonds is 7. The van der Waals surface area contributed by atoms with Gasteiger partial charge in [0, 0.05) is 13.2 Å². The van der Waals surface area contributed by atoms with E-state index in [1.54, 1.807) is 18.2 Å². The minimum absolute atomic E-state index is 0.230. The second-order valence-corrected chi connectivity index (χ2v) is 3.95. The second kappa shape index (κ2) is 8.03. The maximum atomic E-state index is 11.6. The smallest absolute Gasteiger partial charge is 0.270 e. The third kappa shape index (κ3) is 5.65. The standard InChI is InChI=1S/C12H17ClN2O2/c1-2-3-8-17-9-7-14-12(16)10-5-4-6-11(13)15-10/h4-6H,2-3,7-9H2,1H3,(H,14,16). The average molecular weight is 257 g/mol. The van der Waals surface area contributed by atoms with Crippen LogP contribution in [0.3, 0.4) is 0 Å². The Balaban J connectivity index is 2.21. The van der Waals surface area contributed by atoms with E-state index in [-0.39, 0.29) is 5.91 Å². The number of hydrogen-bond acceptors (Lipinski definition) is 3. The summed E-state index contributed by atoms with van der Waals surface area (Å²) in [6.07, 6.45) is 2.16. The predicted molar refractivity (Wildman–Crippen MR) is 67.3 cm³/mol. The molecule has 1 N–H and O–H groups in total. The number of halogens is 1. The number of carbonyl (C=O) groups excluding carboxylic acids is 1. The van der Waals surface area contributed by atoms with Gasteiger partial charge in [-0.15, -0.1) is 0 Å². The molecule has 0 unspecified atom stereocenters.